The van der Waals surface area contributed by atoms with Crippen LogP contribution in [0, 0.1) is 6.92 Å². The number of carbonyl (C=O) groups is 1. The van der Waals surface area contributed by atoms with E-state index >= 15 is 0 Å². The maximum absolute atomic E-state index is 11.1. The summed E-state index contributed by atoms with van der Waals surface area (Å²) < 4.78 is 0. The van der Waals surface area contributed by atoms with E-state index in [0.29, 0.717) is 0 Å². The van der Waals surface area contributed by atoms with Crippen LogP contribution >= 0.6 is 11.3 Å². The van der Waals surface area contributed by atoms with Crippen LogP contribution in [0.4, 0.5) is 0 Å². The number of amides is 1. The Morgan fingerprint density at radius 1 is 1.82 bits per heavy atom. The molecular formula is C7H10N2OS. The van der Waals surface area contributed by atoms with E-state index in [2.05, 4.69) is 5.32 Å². The fourth-order valence-electron chi connectivity index (χ4n) is 0.778. The molecule has 3 nitrogen and oxygen atoms in total. The molecule has 0 spiro atoms. The first-order chi connectivity index (χ1) is 5.25. The van der Waals surface area contributed by atoms with Crippen molar-refractivity contribution in [3.8, 4) is 0 Å². The molecule has 0 saturated heterocycles. The largest absolute Gasteiger partial charge is 0.339 e. The highest BCUT2D eigenvalue weighted by Crippen LogP contribution is 2.14. The molecule has 0 aromatic carbocycles. The first-order valence-corrected chi connectivity index (χ1v) is 4.16. The highest BCUT2D eigenvalue weighted by molar-refractivity contribution is 7.12. The third kappa shape index (κ3) is 1.78. The van der Waals surface area contributed by atoms with E-state index in [0.717, 1.165) is 10.4 Å². The second kappa shape index (κ2) is 3.50. The summed E-state index contributed by atoms with van der Waals surface area (Å²) in [4.78, 5) is 11.9. The summed E-state index contributed by atoms with van der Waals surface area (Å²) in [5.41, 5.74) is 6.16. The first-order valence-electron chi connectivity index (χ1n) is 3.28. The van der Waals surface area contributed by atoms with Crippen LogP contribution in [0.2, 0.25) is 0 Å². The van der Waals surface area contributed by atoms with Crippen LogP contribution < -0.4 is 11.1 Å². The number of hydrogen-bond acceptors (Lipinski definition) is 3. The Morgan fingerprint density at radius 3 is 3.00 bits per heavy atom. The molecule has 1 rings (SSSR count). The van der Waals surface area contributed by atoms with Gasteiger partial charge in [-0.1, -0.05) is 0 Å². The number of rotatable bonds is 2. The van der Waals surface area contributed by atoms with E-state index in [1.807, 2.05) is 18.4 Å². The Hall–Kier alpha value is -0.870. The molecule has 0 radical (unpaired) electrons. The van der Waals surface area contributed by atoms with Gasteiger partial charge in [0, 0.05) is 0 Å². The van der Waals surface area contributed by atoms with Crippen molar-refractivity contribution in [3.05, 3.63) is 21.9 Å². The molecule has 0 fully saturated rings. The molecule has 3 N–H and O–H groups in total. The topological polar surface area (TPSA) is 55.1 Å². The minimum atomic E-state index is -0.0833. The van der Waals surface area contributed by atoms with Crippen molar-refractivity contribution in [2.75, 3.05) is 6.67 Å². The third-order valence-corrected chi connectivity index (χ3v) is 2.35. The Balaban J connectivity index is 2.76. The fraction of sp³-hybridized carbons (Fsp3) is 0.286. The van der Waals surface area contributed by atoms with Crippen molar-refractivity contribution in [2.24, 2.45) is 5.73 Å². The van der Waals surface area contributed by atoms with Gasteiger partial charge < -0.3 is 11.1 Å². The number of carbonyl (C=O) groups excluding carboxylic acids is 1. The van der Waals surface area contributed by atoms with Crippen molar-refractivity contribution in [3.63, 3.8) is 0 Å². The van der Waals surface area contributed by atoms with Crippen molar-refractivity contribution in [1.82, 2.24) is 5.32 Å². The molecule has 1 aromatic rings. The summed E-state index contributed by atoms with van der Waals surface area (Å²) in [7, 11) is 0. The Kier molecular flexibility index (Phi) is 2.62. The van der Waals surface area contributed by atoms with E-state index in [-0.39, 0.29) is 12.6 Å². The summed E-state index contributed by atoms with van der Waals surface area (Å²) in [6.45, 7) is 2.10. The predicted octanol–water partition coefficient (Wildman–Crippen LogP) is 0.703. The zero-order valence-electron chi connectivity index (χ0n) is 6.26. The lowest BCUT2D eigenvalue weighted by molar-refractivity contribution is 0.0958. The van der Waals surface area contributed by atoms with E-state index < -0.39 is 0 Å². The van der Waals surface area contributed by atoms with Crippen LogP contribution in [0.5, 0.6) is 0 Å². The van der Waals surface area contributed by atoms with Crippen LogP contribution in [0.25, 0.3) is 0 Å². The summed E-state index contributed by atoms with van der Waals surface area (Å²) in [5.74, 6) is -0.0833. The normalized spacial score (nSPS) is 9.64. The minimum absolute atomic E-state index is 0.0833. The lowest BCUT2D eigenvalue weighted by atomic mass is 10.3. The zero-order chi connectivity index (χ0) is 8.27. The second-order valence-electron chi connectivity index (χ2n) is 2.14. The maximum Gasteiger partial charge on any atom is 0.262 e. The smallest absolute Gasteiger partial charge is 0.262 e. The third-order valence-electron chi connectivity index (χ3n) is 1.33. The summed E-state index contributed by atoms with van der Waals surface area (Å²) in [6, 6.07) is 1.91. The monoisotopic (exact) mass is 170 g/mol. The molecule has 0 bridgehead atoms. The molecule has 0 aliphatic heterocycles. The molecule has 60 valence electrons. The van der Waals surface area contributed by atoms with Crippen molar-refractivity contribution >= 4 is 17.2 Å². The summed E-state index contributed by atoms with van der Waals surface area (Å²) in [5, 5.41) is 4.43. The van der Waals surface area contributed by atoms with Crippen LogP contribution in [-0.2, 0) is 0 Å². The van der Waals surface area contributed by atoms with Crippen LogP contribution in [0.3, 0.4) is 0 Å². The zero-order valence-corrected chi connectivity index (χ0v) is 7.07. The van der Waals surface area contributed by atoms with Gasteiger partial charge in [0.05, 0.1) is 11.5 Å². The molecule has 11 heavy (non-hydrogen) atoms. The number of nitrogens with one attached hydrogen (secondary N) is 1. The fourth-order valence-corrected chi connectivity index (χ4v) is 1.62. The molecular weight excluding hydrogens is 160 g/mol. The van der Waals surface area contributed by atoms with Gasteiger partial charge in [-0.25, -0.2) is 0 Å². The average molecular weight is 170 g/mol. The lowest BCUT2D eigenvalue weighted by Gasteiger charge is -1.98. The average Bonchev–Trinajstić information content (AvgIpc) is 2.36. The molecule has 1 aromatic heterocycles. The quantitative estimate of drug-likeness (QED) is 0.642. The Morgan fingerprint density at radius 2 is 2.55 bits per heavy atom. The molecule has 1 heterocycles. The van der Waals surface area contributed by atoms with Crippen LogP contribution in [0.1, 0.15) is 15.2 Å². The number of aryl methyl sites for hydroxylation is 1. The van der Waals surface area contributed by atoms with Gasteiger partial charge in [0.1, 0.15) is 0 Å². The van der Waals surface area contributed by atoms with Crippen LogP contribution in [-0.4, -0.2) is 12.6 Å². The molecule has 0 atom stereocenters. The SMILES string of the molecule is Cc1ccsc1C(=O)NCN. The minimum Gasteiger partial charge on any atom is -0.339 e. The molecule has 0 unspecified atom stereocenters. The van der Waals surface area contributed by atoms with Gasteiger partial charge in [-0.15, -0.1) is 11.3 Å². The summed E-state index contributed by atoms with van der Waals surface area (Å²) >= 11 is 1.43. The van der Waals surface area contributed by atoms with Gasteiger partial charge >= 0.3 is 0 Å². The van der Waals surface area contributed by atoms with Crippen molar-refractivity contribution in [1.29, 1.82) is 0 Å². The van der Waals surface area contributed by atoms with Crippen LogP contribution in [0.15, 0.2) is 11.4 Å². The second-order valence-corrected chi connectivity index (χ2v) is 3.06. The molecule has 4 heteroatoms. The molecule has 0 aliphatic rings. The number of thiophene rings is 1. The van der Waals surface area contributed by atoms with Gasteiger partial charge in [-0.2, -0.15) is 0 Å². The Bertz CT molecular complexity index is 257. The Labute approximate surface area is 69.2 Å². The van der Waals surface area contributed by atoms with Crippen molar-refractivity contribution in [2.45, 2.75) is 6.92 Å². The standard InChI is InChI=1S/C7H10N2OS/c1-5-2-3-11-6(5)7(10)9-4-8/h2-3H,4,8H2,1H3,(H,9,10). The highest BCUT2D eigenvalue weighted by atomic mass is 32.1. The highest BCUT2D eigenvalue weighted by Gasteiger charge is 2.07. The molecule has 1 amide bonds. The summed E-state index contributed by atoms with van der Waals surface area (Å²) in [6.07, 6.45) is 0. The van der Waals surface area contributed by atoms with Gasteiger partial charge in [-0.3, -0.25) is 4.79 Å². The molecule has 0 aliphatic carbocycles. The number of hydrogen-bond donors (Lipinski definition) is 2. The van der Waals surface area contributed by atoms with E-state index in [1.165, 1.54) is 11.3 Å². The first kappa shape index (κ1) is 8.23. The van der Waals surface area contributed by atoms with Crippen molar-refractivity contribution < 1.29 is 4.79 Å². The lowest BCUT2D eigenvalue weighted by Crippen LogP contribution is -2.29. The van der Waals surface area contributed by atoms with E-state index in [9.17, 15) is 4.79 Å². The van der Waals surface area contributed by atoms with Gasteiger partial charge in [-0.05, 0) is 23.9 Å². The maximum atomic E-state index is 11.1. The number of nitrogens with two attached hydrogens (primary N) is 1. The predicted molar refractivity (Wildman–Crippen MR) is 45.6 cm³/mol. The van der Waals surface area contributed by atoms with Gasteiger partial charge in [0.25, 0.3) is 5.91 Å². The van der Waals surface area contributed by atoms with Gasteiger partial charge in [0.2, 0.25) is 0 Å². The van der Waals surface area contributed by atoms with Gasteiger partial charge in [0.15, 0.2) is 0 Å². The van der Waals surface area contributed by atoms with E-state index in [1.54, 1.807) is 0 Å². The van der Waals surface area contributed by atoms with E-state index in [4.69, 9.17) is 5.73 Å². The molecule has 0 saturated carbocycles.